The quantitative estimate of drug-likeness (QED) is 0.874. The van der Waals surface area contributed by atoms with Gasteiger partial charge < -0.3 is 19.1 Å². The van der Waals surface area contributed by atoms with Crippen LogP contribution < -0.4 is 14.2 Å². The summed E-state index contributed by atoms with van der Waals surface area (Å²) in [5.74, 6) is 2.37. The van der Waals surface area contributed by atoms with Gasteiger partial charge in [0.05, 0.1) is 6.61 Å². The second-order valence-electron chi connectivity index (χ2n) is 5.77. The van der Waals surface area contributed by atoms with Crippen LogP contribution in [0.1, 0.15) is 21.5 Å². The number of amides is 1. The van der Waals surface area contributed by atoms with Crippen molar-refractivity contribution < 1.29 is 19.0 Å². The average Bonchev–Trinajstić information content (AvgIpc) is 3.21. The normalized spacial score (nSPS) is 14.3. The molecule has 2 aliphatic heterocycles. The van der Waals surface area contributed by atoms with Gasteiger partial charge in [-0.25, -0.2) is 0 Å². The van der Waals surface area contributed by atoms with Gasteiger partial charge in [-0.15, -0.1) is 0 Å². The highest BCUT2D eigenvalue weighted by Crippen LogP contribution is 2.33. The van der Waals surface area contributed by atoms with Gasteiger partial charge in [0.1, 0.15) is 5.75 Å². The molecule has 5 nitrogen and oxygen atoms in total. The monoisotopic (exact) mass is 311 g/mol. The van der Waals surface area contributed by atoms with Crippen LogP contribution in [0.15, 0.2) is 36.4 Å². The molecule has 0 radical (unpaired) electrons. The Morgan fingerprint density at radius 1 is 1.04 bits per heavy atom. The highest BCUT2D eigenvalue weighted by molar-refractivity contribution is 5.94. The minimum Gasteiger partial charge on any atom is -0.493 e. The summed E-state index contributed by atoms with van der Waals surface area (Å²) in [6, 6.07) is 11.4. The zero-order valence-corrected chi connectivity index (χ0v) is 12.9. The third kappa shape index (κ3) is 2.59. The van der Waals surface area contributed by atoms with E-state index in [1.807, 2.05) is 36.4 Å². The van der Waals surface area contributed by atoms with Crippen molar-refractivity contribution in [1.82, 2.24) is 4.90 Å². The van der Waals surface area contributed by atoms with Crippen molar-refractivity contribution in [2.75, 3.05) is 20.4 Å². The van der Waals surface area contributed by atoms with E-state index in [0.717, 1.165) is 34.8 Å². The molecule has 2 aliphatic rings. The largest absolute Gasteiger partial charge is 0.493 e. The second-order valence-corrected chi connectivity index (χ2v) is 5.77. The summed E-state index contributed by atoms with van der Waals surface area (Å²) >= 11 is 0. The van der Waals surface area contributed by atoms with E-state index in [0.29, 0.717) is 18.7 Å². The number of hydrogen-bond acceptors (Lipinski definition) is 4. The maximum absolute atomic E-state index is 12.6. The molecule has 0 aromatic heterocycles. The van der Waals surface area contributed by atoms with Crippen LogP contribution in [0.3, 0.4) is 0 Å². The van der Waals surface area contributed by atoms with E-state index in [2.05, 4.69) is 0 Å². The van der Waals surface area contributed by atoms with Gasteiger partial charge in [0, 0.05) is 25.6 Å². The summed E-state index contributed by atoms with van der Waals surface area (Å²) in [5, 5.41) is 0. The number of ether oxygens (including phenoxy) is 3. The van der Waals surface area contributed by atoms with Crippen LogP contribution in [0.4, 0.5) is 0 Å². The fourth-order valence-corrected chi connectivity index (χ4v) is 2.92. The Morgan fingerprint density at radius 3 is 2.78 bits per heavy atom. The molecule has 0 fully saturated rings. The van der Waals surface area contributed by atoms with Crippen LogP contribution in [-0.4, -0.2) is 31.3 Å². The lowest BCUT2D eigenvalue weighted by molar-refractivity contribution is 0.0785. The average molecular weight is 311 g/mol. The van der Waals surface area contributed by atoms with Crippen molar-refractivity contribution in [3.05, 3.63) is 53.1 Å². The maximum atomic E-state index is 12.6. The summed E-state index contributed by atoms with van der Waals surface area (Å²) in [6.07, 6.45) is 0.863. The van der Waals surface area contributed by atoms with Crippen LogP contribution >= 0.6 is 0 Å². The molecule has 0 saturated heterocycles. The number of benzene rings is 2. The second kappa shape index (κ2) is 5.50. The number of carbonyl (C=O) groups is 1. The SMILES string of the molecule is CN(Cc1ccc2c(c1)OCO2)C(=O)c1ccc2c(c1)CCO2. The number of fused-ring (bicyclic) bond motifs is 2. The Hall–Kier alpha value is -2.69. The van der Waals surface area contributed by atoms with Gasteiger partial charge in [0.25, 0.3) is 5.91 Å². The molecule has 0 atom stereocenters. The van der Waals surface area contributed by atoms with E-state index in [1.165, 1.54) is 0 Å². The summed E-state index contributed by atoms with van der Waals surface area (Å²) in [7, 11) is 1.80. The van der Waals surface area contributed by atoms with Crippen molar-refractivity contribution in [2.45, 2.75) is 13.0 Å². The molecule has 0 unspecified atom stereocenters. The van der Waals surface area contributed by atoms with Crippen molar-refractivity contribution in [1.29, 1.82) is 0 Å². The van der Waals surface area contributed by atoms with E-state index >= 15 is 0 Å². The third-order valence-corrected chi connectivity index (χ3v) is 4.14. The fourth-order valence-electron chi connectivity index (χ4n) is 2.92. The lowest BCUT2D eigenvalue weighted by Crippen LogP contribution is -2.26. The first-order chi connectivity index (χ1) is 11.2. The Bertz CT molecular complexity index is 772. The highest BCUT2D eigenvalue weighted by Gasteiger charge is 2.19. The minimum atomic E-state index is -0.00244. The van der Waals surface area contributed by atoms with E-state index in [9.17, 15) is 4.79 Å². The van der Waals surface area contributed by atoms with Gasteiger partial charge in [-0.05, 0) is 41.5 Å². The summed E-state index contributed by atoms with van der Waals surface area (Å²) in [5.41, 5.74) is 2.81. The van der Waals surface area contributed by atoms with Gasteiger partial charge in [0.2, 0.25) is 6.79 Å². The zero-order valence-electron chi connectivity index (χ0n) is 12.9. The number of rotatable bonds is 3. The number of carbonyl (C=O) groups excluding carboxylic acids is 1. The van der Waals surface area contributed by atoms with Gasteiger partial charge in [-0.3, -0.25) is 4.79 Å². The molecule has 0 aliphatic carbocycles. The summed E-state index contributed by atoms with van der Waals surface area (Å²) < 4.78 is 16.2. The van der Waals surface area contributed by atoms with E-state index < -0.39 is 0 Å². The lowest BCUT2D eigenvalue weighted by Gasteiger charge is -2.18. The molecule has 2 aromatic rings. The van der Waals surface area contributed by atoms with E-state index in [4.69, 9.17) is 14.2 Å². The van der Waals surface area contributed by atoms with E-state index in [1.54, 1.807) is 11.9 Å². The third-order valence-electron chi connectivity index (χ3n) is 4.14. The van der Waals surface area contributed by atoms with Crippen LogP contribution in [0.25, 0.3) is 0 Å². The lowest BCUT2D eigenvalue weighted by atomic mass is 10.1. The molecular weight excluding hydrogens is 294 g/mol. The molecule has 4 rings (SSSR count). The molecule has 2 aromatic carbocycles. The topological polar surface area (TPSA) is 48.0 Å². The first kappa shape index (κ1) is 13.9. The molecule has 0 bridgehead atoms. The van der Waals surface area contributed by atoms with Gasteiger partial charge in [0.15, 0.2) is 11.5 Å². The van der Waals surface area contributed by atoms with Gasteiger partial charge >= 0.3 is 0 Å². The van der Waals surface area contributed by atoms with E-state index in [-0.39, 0.29) is 12.7 Å². The van der Waals surface area contributed by atoms with Gasteiger partial charge in [-0.2, -0.15) is 0 Å². The fraction of sp³-hybridized carbons (Fsp3) is 0.278. The molecule has 1 amide bonds. The molecule has 23 heavy (non-hydrogen) atoms. The molecule has 5 heteroatoms. The Labute approximate surface area is 134 Å². The predicted octanol–water partition coefficient (Wildman–Crippen LogP) is 2.62. The first-order valence-electron chi connectivity index (χ1n) is 7.60. The van der Waals surface area contributed by atoms with Crippen molar-refractivity contribution in [3.8, 4) is 17.2 Å². The van der Waals surface area contributed by atoms with Crippen LogP contribution in [-0.2, 0) is 13.0 Å². The Kier molecular flexibility index (Phi) is 3.33. The predicted molar refractivity (Wildman–Crippen MR) is 84.0 cm³/mol. The Morgan fingerprint density at radius 2 is 1.87 bits per heavy atom. The molecule has 0 spiro atoms. The minimum absolute atomic E-state index is 0.00244. The van der Waals surface area contributed by atoms with Crippen molar-refractivity contribution in [2.24, 2.45) is 0 Å². The molecule has 0 saturated carbocycles. The number of nitrogens with zero attached hydrogens (tertiary/aromatic N) is 1. The standard InChI is InChI=1S/C18H17NO4/c1-19(10-12-2-4-16-17(8-12)23-11-22-16)18(20)14-3-5-15-13(9-14)6-7-21-15/h2-5,8-9H,6-7,10-11H2,1H3. The smallest absolute Gasteiger partial charge is 0.253 e. The molecule has 0 N–H and O–H groups in total. The number of hydrogen-bond donors (Lipinski definition) is 0. The Balaban J connectivity index is 1.50. The molecule has 118 valence electrons. The highest BCUT2D eigenvalue weighted by atomic mass is 16.7. The van der Waals surface area contributed by atoms with Gasteiger partial charge in [-0.1, -0.05) is 6.07 Å². The van der Waals surface area contributed by atoms with Crippen molar-refractivity contribution in [3.63, 3.8) is 0 Å². The van der Waals surface area contributed by atoms with Crippen LogP contribution in [0.2, 0.25) is 0 Å². The summed E-state index contributed by atoms with van der Waals surface area (Å²) in [6.45, 7) is 1.47. The van der Waals surface area contributed by atoms with Crippen molar-refractivity contribution >= 4 is 5.91 Å². The summed E-state index contributed by atoms with van der Waals surface area (Å²) in [4.78, 5) is 14.3. The molecular formula is C18H17NO4. The first-order valence-corrected chi connectivity index (χ1v) is 7.60. The maximum Gasteiger partial charge on any atom is 0.253 e. The van der Waals surface area contributed by atoms with Crippen LogP contribution in [0, 0.1) is 0 Å². The molecule has 2 heterocycles. The van der Waals surface area contributed by atoms with Crippen LogP contribution in [0.5, 0.6) is 17.2 Å². The zero-order chi connectivity index (χ0) is 15.8.